The minimum atomic E-state index is -0.754. The molecule has 1 fully saturated rings. The van der Waals surface area contributed by atoms with Crippen molar-refractivity contribution in [3.8, 4) is 5.75 Å². The fourth-order valence-corrected chi connectivity index (χ4v) is 1.74. The first-order valence-corrected chi connectivity index (χ1v) is 4.83. The molecule has 0 spiro atoms. The summed E-state index contributed by atoms with van der Waals surface area (Å²) in [5, 5.41) is 22.2. The second kappa shape index (κ2) is 2.97. The number of rotatable bonds is 1. The Labute approximate surface area is 84.5 Å². The second-order valence-electron chi connectivity index (χ2n) is 3.30. The molecule has 1 aliphatic heterocycles. The lowest BCUT2D eigenvalue weighted by molar-refractivity contribution is -0.0147. The predicted octanol–water partition coefficient (Wildman–Crippen LogP) is 0.946. The number of β-amino-alcohol motifs (C(OH)–C–C–N with tert-alkyl or cyclic N) is 1. The molecule has 1 saturated heterocycles. The fourth-order valence-electron chi connectivity index (χ4n) is 1.36. The van der Waals surface area contributed by atoms with Gasteiger partial charge in [-0.25, -0.2) is 0 Å². The Morgan fingerprint density at radius 1 is 1.38 bits per heavy atom. The lowest BCUT2D eigenvalue weighted by Gasteiger charge is -2.38. The SMILES string of the molecule is Oc1ccc(C2(O)CNC2)cc1Br. The smallest absolute Gasteiger partial charge is 0.129 e. The molecule has 0 saturated carbocycles. The second-order valence-corrected chi connectivity index (χ2v) is 4.16. The number of phenols is 1. The molecule has 1 aliphatic rings. The molecular weight excluding hydrogens is 234 g/mol. The van der Waals surface area contributed by atoms with Crippen molar-refractivity contribution in [3.63, 3.8) is 0 Å². The Morgan fingerprint density at radius 3 is 2.54 bits per heavy atom. The lowest BCUT2D eigenvalue weighted by Crippen LogP contribution is -2.56. The van der Waals surface area contributed by atoms with Crippen molar-refractivity contribution >= 4 is 15.9 Å². The highest BCUT2D eigenvalue weighted by atomic mass is 79.9. The number of hydrogen-bond acceptors (Lipinski definition) is 3. The third-order valence-corrected chi connectivity index (χ3v) is 2.96. The maximum absolute atomic E-state index is 9.93. The van der Waals surface area contributed by atoms with Crippen LogP contribution in [0.3, 0.4) is 0 Å². The van der Waals surface area contributed by atoms with E-state index in [1.807, 2.05) is 0 Å². The molecule has 3 N–H and O–H groups in total. The standard InChI is InChI=1S/C9H10BrNO2/c10-7-3-6(1-2-8(7)12)9(13)4-11-5-9/h1-3,11-13H,4-5H2. The number of aromatic hydroxyl groups is 1. The van der Waals surface area contributed by atoms with Crippen LogP contribution in [-0.4, -0.2) is 23.3 Å². The lowest BCUT2D eigenvalue weighted by atomic mass is 9.88. The third kappa shape index (κ3) is 1.45. The number of aliphatic hydroxyl groups is 1. The van der Waals surface area contributed by atoms with E-state index in [0.29, 0.717) is 17.6 Å². The first-order valence-electron chi connectivity index (χ1n) is 4.04. The molecule has 1 heterocycles. The van der Waals surface area contributed by atoms with Crippen LogP contribution in [0.15, 0.2) is 22.7 Å². The van der Waals surface area contributed by atoms with Gasteiger partial charge < -0.3 is 15.5 Å². The maximum Gasteiger partial charge on any atom is 0.129 e. The van der Waals surface area contributed by atoms with Gasteiger partial charge in [-0.15, -0.1) is 0 Å². The van der Waals surface area contributed by atoms with Crippen LogP contribution in [0.5, 0.6) is 5.75 Å². The molecule has 0 bridgehead atoms. The molecule has 70 valence electrons. The minimum Gasteiger partial charge on any atom is -0.507 e. The summed E-state index contributed by atoms with van der Waals surface area (Å²) in [6, 6.07) is 5.06. The monoisotopic (exact) mass is 243 g/mol. The molecule has 13 heavy (non-hydrogen) atoms. The molecule has 0 aliphatic carbocycles. The molecule has 0 radical (unpaired) electrons. The van der Waals surface area contributed by atoms with Crippen molar-refractivity contribution in [2.24, 2.45) is 0 Å². The largest absolute Gasteiger partial charge is 0.507 e. The van der Waals surface area contributed by atoms with E-state index < -0.39 is 5.60 Å². The van der Waals surface area contributed by atoms with Gasteiger partial charge in [0.2, 0.25) is 0 Å². The van der Waals surface area contributed by atoms with Gasteiger partial charge in [-0.1, -0.05) is 6.07 Å². The highest BCUT2D eigenvalue weighted by molar-refractivity contribution is 9.10. The Hall–Kier alpha value is -0.580. The summed E-state index contributed by atoms with van der Waals surface area (Å²) < 4.78 is 0.616. The van der Waals surface area contributed by atoms with Crippen molar-refractivity contribution in [1.29, 1.82) is 0 Å². The van der Waals surface area contributed by atoms with E-state index in [2.05, 4.69) is 21.2 Å². The summed E-state index contributed by atoms with van der Waals surface area (Å²) in [5.41, 5.74) is 0.0758. The fraction of sp³-hybridized carbons (Fsp3) is 0.333. The quantitative estimate of drug-likeness (QED) is 0.689. The van der Waals surface area contributed by atoms with Gasteiger partial charge in [0.15, 0.2) is 0 Å². The van der Waals surface area contributed by atoms with E-state index in [9.17, 15) is 10.2 Å². The van der Waals surface area contributed by atoms with Crippen molar-refractivity contribution < 1.29 is 10.2 Å². The van der Waals surface area contributed by atoms with Crippen LogP contribution in [0.25, 0.3) is 0 Å². The topological polar surface area (TPSA) is 52.5 Å². The van der Waals surface area contributed by atoms with E-state index >= 15 is 0 Å². The van der Waals surface area contributed by atoms with Crippen LogP contribution in [0.1, 0.15) is 5.56 Å². The average molecular weight is 244 g/mol. The van der Waals surface area contributed by atoms with E-state index in [1.165, 1.54) is 0 Å². The molecule has 0 atom stereocenters. The van der Waals surface area contributed by atoms with Crippen LogP contribution in [0.2, 0.25) is 0 Å². The first kappa shape index (κ1) is 8.99. The molecule has 1 aromatic carbocycles. The normalized spacial score (nSPS) is 19.5. The number of halogens is 1. The summed E-state index contributed by atoms with van der Waals surface area (Å²) in [6.45, 7) is 1.15. The van der Waals surface area contributed by atoms with Crippen LogP contribution in [0, 0.1) is 0 Å². The zero-order valence-electron chi connectivity index (χ0n) is 6.92. The van der Waals surface area contributed by atoms with Crippen molar-refractivity contribution in [1.82, 2.24) is 5.32 Å². The molecule has 4 heteroatoms. The van der Waals surface area contributed by atoms with Crippen LogP contribution in [-0.2, 0) is 5.60 Å². The summed E-state index contributed by atoms with van der Waals surface area (Å²) >= 11 is 3.21. The van der Waals surface area contributed by atoms with E-state index in [4.69, 9.17) is 0 Å². The van der Waals surface area contributed by atoms with E-state index in [-0.39, 0.29) is 5.75 Å². The Bertz CT molecular complexity index is 336. The van der Waals surface area contributed by atoms with Crippen LogP contribution in [0.4, 0.5) is 0 Å². The summed E-state index contributed by atoms with van der Waals surface area (Å²) in [5.74, 6) is 0.194. The average Bonchev–Trinajstić information content (AvgIpc) is 2.06. The Balaban J connectivity index is 2.36. The molecule has 3 nitrogen and oxygen atoms in total. The van der Waals surface area contributed by atoms with E-state index in [0.717, 1.165) is 5.56 Å². The van der Waals surface area contributed by atoms with Gasteiger partial charge >= 0.3 is 0 Å². The summed E-state index contributed by atoms with van der Waals surface area (Å²) in [4.78, 5) is 0. The van der Waals surface area contributed by atoms with Crippen molar-refractivity contribution in [3.05, 3.63) is 28.2 Å². The highest BCUT2D eigenvalue weighted by Gasteiger charge is 2.36. The summed E-state index contributed by atoms with van der Waals surface area (Å²) in [6.07, 6.45) is 0. The van der Waals surface area contributed by atoms with Crippen LogP contribution < -0.4 is 5.32 Å². The molecular formula is C9H10BrNO2. The van der Waals surface area contributed by atoms with Crippen LogP contribution >= 0.6 is 15.9 Å². The molecule has 0 amide bonds. The zero-order valence-corrected chi connectivity index (χ0v) is 8.50. The van der Waals surface area contributed by atoms with E-state index in [1.54, 1.807) is 18.2 Å². The van der Waals surface area contributed by atoms with Gasteiger partial charge in [-0.2, -0.15) is 0 Å². The maximum atomic E-state index is 9.93. The Morgan fingerprint density at radius 2 is 2.08 bits per heavy atom. The first-order chi connectivity index (χ1) is 6.12. The molecule has 2 rings (SSSR count). The zero-order chi connectivity index (χ0) is 9.47. The molecule has 1 aromatic rings. The Kier molecular flexibility index (Phi) is 2.06. The highest BCUT2D eigenvalue weighted by Crippen LogP contribution is 2.31. The molecule has 0 aromatic heterocycles. The predicted molar refractivity (Wildman–Crippen MR) is 52.6 cm³/mol. The number of hydrogen-bond donors (Lipinski definition) is 3. The number of benzene rings is 1. The van der Waals surface area contributed by atoms with Gasteiger partial charge in [0, 0.05) is 13.1 Å². The van der Waals surface area contributed by atoms with Gasteiger partial charge in [0.1, 0.15) is 11.4 Å². The number of phenolic OH excluding ortho intramolecular Hbond substituents is 1. The van der Waals surface area contributed by atoms with Gasteiger partial charge in [0.25, 0.3) is 0 Å². The van der Waals surface area contributed by atoms with Gasteiger partial charge in [0.05, 0.1) is 4.47 Å². The van der Waals surface area contributed by atoms with Crippen molar-refractivity contribution in [2.45, 2.75) is 5.60 Å². The van der Waals surface area contributed by atoms with Crippen molar-refractivity contribution in [2.75, 3.05) is 13.1 Å². The van der Waals surface area contributed by atoms with Gasteiger partial charge in [-0.3, -0.25) is 0 Å². The third-order valence-electron chi connectivity index (χ3n) is 2.32. The number of nitrogens with one attached hydrogen (secondary N) is 1. The van der Waals surface area contributed by atoms with Gasteiger partial charge in [-0.05, 0) is 33.6 Å². The minimum absolute atomic E-state index is 0.194. The molecule has 0 unspecified atom stereocenters. The summed E-state index contributed by atoms with van der Waals surface area (Å²) in [7, 11) is 0.